The van der Waals surface area contributed by atoms with Gasteiger partial charge in [-0.1, -0.05) is 41.1 Å². The van der Waals surface area contributed by atoms with Crippen molar-refractivity contribution in [1.29, 1.82) is 0 Å². The highest BCUT2D eigenvalue weighted by Crippen LogP contribution is 2.18. The van der Waals surface area contributed by atoms with E-state index in [0.717, 1.165) is 10.2 Å². The number of hydrogen-bond acceptors (Lipinski definition) is 5. The number of carbonyl (C=O) groups is 2. The number of halogens is 1. The van der Waals surface area contributed by atoms with Crippen molar-refractivity contribution in [3.8, 4) is 5.69 Å². The Labute approximate surface area is 172 Å². The van der Waals surface area contributed by atoms with Gasteiger partial charge >= 0.3 is 6.09 Å². The van der Waals surface area contributed by atoms with E-state index < -0.39 is 0 Å². The van der Waals surface area contributed by atoms with Gasteiger partial charge in [-0.15, -0.1) is 5.10 Å². The number of rotatable bonds is 4. The lowest BCUT2D eigenvalue weighted by Crippen LogP contribution is -2.51. The molecule has 3 rings (SSSR count). The molecule has 9 heteroatoms. The molecule has 0 atom stereocenters. The van der Waals surface area contributed by atoms with Gasteiger partial charge in [0, 0.05) is 30.7 Å². The van der Waals surface area contributed by atoms with Crippen LogP contribution in [0.25, 0.3) is 5.69 Å². The van der Waals surface area contributed by atoms with Gasteiger partial charge in [-0.25, -0.2) is 9.48 Å². The van der Waals surface area contributed by atoms with Crippen molar-refractivity contribution in [3.05, 3.63) is 40.1 Å². The molecule has 2 heterocycles. The van der Waals surface area contributed by atoms with E-state index in [0.29, 0.717) is 50.1 Å². The fraction of sp³-hybridized carbons (Fsp3) is 0.474. The average molecular weight is 450 g/mol. The standard InChI is InChI=1S/C19H24BrN5O3/c1-13(2)12-28-19(27)24-9-7-23(8-10-24)18(26)17-14(3)25(22-21-17)16-6-4-5-15(20)11-16/h4-6,11,13H,7-10,12H2,1-3H3. The maximum absolute atomic E-state index is 12.9. The third-order valence-electron chi connectivity index (χ3n) is 4.52. The molecule has 1 saturated heterocycles. The van der Waals surface area contributed by atoms with Crippen LogP contribution in [0, 0.1) is 12.8 Å². The molecule has 0 radical (unpaired) electrons. The van der Waals surface area contributed by atoms with Crippen molar-refractivity contribution >= 4 is 27.9 Å². The van der Waals surface area contributed by atoms with Gasteiger partial charge in [0.1, 0.15) is 0 Å². The maximum atomic E-state index is 12.9. The zero-order chi connectivity index (χ0) is 20.3. The molecule has 0 N–H and O–H groups in total. The molecular weight excluding hydrogens is 426 g/mol. The monoisotopic (exact) mass is 449 g/mol. The summed E-state index contributed by atoms with van der Waals surface area (Å²) in [6, 6.07) is 7.65. The molecule has 0 unspecified atom stereocenters. The van der Waals surface area contributed by atoms with Gasteiger partial charge in [-0.2, -0.15) is 0 Å². The lowest BCUT2D eigenvalue weighted by Gasteiger charge is -2.33. The molecule has 0 saturated carbocycles. The van der Waals surface area contributed by atoms with Crippen LogP contribution < -0.4 is 0 Å². The lowest BCUT2D eigenvalue weighted by molar-refractivity contribution is 0.0531. The van der Waals surface area contributed by atoms with Gasteiger partial charge in [0.25, 0.3) is 5.91 Å². The summed E-state index contributed by atoms with van der Waals surface area (Å²) in [6.07, 6.45) is -0.322. The summed E-state index contributed by atoms with van der Waals surface area (Å²) in [6.45, 7) is 7.99. The summed E-state index contributed by atoms with van der Waals surface area (Å²) in [5, 5.41) is 8.24. The molecule has 0 spiro atoms. The number of aromatic nitrogens is 3. The van der Waals surface area contributed by atoms with Gasteiger partial charge in [0.05, 0.1) is 18.0 Å². The third kappa shape index (κ3) is 4.52. The van der Waals surface area contributed by atoms with E-state index in [1.807, 2.05) is 45.0 Å². The van der Waals surface area contributed by atoms with Gasteiger partial charge in [0.2, 0.25) is 0 Å². The fourth-order valence-electron chi connectivity index (χ4n) is 2.95. The minimum absolute atomic E-state index is 0.172. The molecular formula is C19H24BrN5O3. The molecule has 1 aromatic carbocycles. The number of piperazine rings is 1. The van der Waals surface area contributed by atoms with Crippen LogP contribution in [-0.2, 0) is 4.74 Å². The zero-order valence-electron chi connectivity index (χ0n) is 16.3. The fourth-order valence-corrected chi connectivity index (χ4v) is 3.34. The van der Waals surface area contributed by atoms with Crippen LogP contribution in [0.2, 0.25) is 0 Å². The Hall–Kier alpha value is -2.42. The molecule has 0 aliphatic carbocycles. The van der Waals surface area contributed by atoms with Crippen LogP contribution >= 0.6 is 15.9 Å². The molecule has 150 valence electrons. The summed E-state index contributed by atoms with van der Waals surface area (Å²) in [7, 11) is 0. The largest absolute Gasteiger partial charge is 0.449 e. The first-order chi connectivity index (χ1) is 13.4. The van der Waals surface area contributed by atoms with Crippen molar-refractivity contribution in [2.75, 3.05) is 32.8 Å². The molecule has 8 nitrogen and oxygen atoms in total. The minimum Gasteiger partial charge on any atom is -0.449 e. The first-order valence-corrected chi connectivity index (χ1v) is 10.1. The Kier molecular flexibility index (Phi) is 6.33. The first kappa shape index (κ1) is 20.3. The van der Waals surface area contributed by atoms with Crippen LogP contribution in [0.5, 0.6) is 0 Å². The second kappa shape index (κ2) is 8.72. The summed E-state index contributed by atoms with van der Waals surface area (Å²) in [4.78, 5) is 28.3. The summed E-state index contributed by atoms with van der Waals surface area (Å²) < 4.78 is 7.83. The normalized spacial score (nSPS) is 14.5. The van der Waals surface area contributed by atoms with E-state index in [9.17, 15) is 9.59 Å². The van der Waals surface area contributed by atoms with Crippen LogP contribution in [0.3, 0.4) is 0 Å². The van der Waals surface area contributed by atoms with Crippen LogP contribution in [0.1, 0.15) is 30.0 Å². The van der Waals surface area contributed by atoms with E-state index >= 15 is 0 Å². The van der Waals surface area contributed by atoms with E-state index in [1.54, 1.807) is 14.5 Å². The second-order valence-corrected chi connectivity index (χ2v) is 8.08. The van der Waals surface area contributed by atoms with E-state index in [2.05, 4.69) is 26.2 Å². The van der Waals surface area contributed by atoms with Crippen LogP contribution in [-0.4, -0.2) is 69.6 Å². The highest BCUT2D eigenvalue weighted by atomic mass is 79.9. The number of benzene rings is 1. The Bertz CT molecular complexity index is 859. The minimum atomic E-state index is -0.322. The van der Waals surface area contributed by atoms with Gasteiger partial charge in [-0.05, 0) is 31.0 Å². The number of ether oxygens (including phenoxy) is 1. The van der Waals surface area contributed by atoms with Crippen molar-refractivity contribution in [3.63, 3.8) is 0 Å². The van der Waals surface area contributed by atoms with Gasteiger partial charge in [-0.3, -0.25) is 4.79 Å². The van der Waals surface area contributed by atoms with Crippen molar-refractivity contribution in [2.24, 2.45) is 5.92 Å². The average Bonchev–Trinajstić information content (AvgIpc) is 3.07. The number of hydrogen-bond donors (Lipinski definition) is 0. The Morgan fingerprint density at radius 3 is 2.50 bits per heavy atom. The molecule has 1 aromatic heterocycles. The topological polar surface area (TPSA) is 80.6 Å². The SMILES string of the molecule is Cc1c(C(=O)N2CCN(C(=O)OCC(C)C)CC2)nnn1-c1cccc(Br)c1. The third-order valence-corrected chi connectivity index (χ3v) is 5.01. The number of amides is 2. The van der Waals surface area contributed by atoms with Crippen molar-refractivity contribution < 1.29 is 14.3 Å². The van der Waals surface area contributed by atoms with E-state index in [1.165, 1.54) is 0 Å². The quantitative estimate of drug-likeness (QED) is 0.716. The van der Waals surface area contributed by atoms with Crippen LogP contribution in [0.4, 0.5) is 4.79 Å². The van der Waals surface area contributed by atoms with E-state index in [-0.39, 0.29) is 12.0 Å². The Morgan fingerprint density at radius 1 is 1.18 bits per heavy atom. The Morgan fingerprint density at radius 2 is 1.86 bits per heavy atom. The molecule has 1 aliphatic rings. The summed E-state index contributed by atoms with van der Waals surface area (Å²) >= 11 is 3.44. The molecule has 2 amide bonds. The van der Waals surface area contributed by atoms with Gasteiger partial charge < -0.3 is 14.5 Å². The lowest BCUT2D eigenvalue weighted by atomic mass is 10.2. The van der Waals surface area contributed by atoms with Gasteiger partial charge in [0.15, 0.2) is 5.69 Å². The molecule has 0 bridgehead atoms. The predicted molar refractivity (Wildman–Crippen MR) is 107 cm³/mol. The Balaban J connectivity index is 1.64. The van der Waals surface area contributed by atoms with Crippen molar-refractivity contribution in [2.45, 2.75) is 20.8 Å². The van der Waals surface area contributed by atoms with Crippen molar-refractivity contribution in [1.82, 2.24) is 24.8 Å². The summed E-state index contributed by atoms with van der Waals surface area (Å²) in [5.41, 5.74) is 1.84. The number of nitrogens with zero attached hydrogens (tertiary/aromatic N) is 5. The molecule has 1 fully saturated rings. The second-order valence-electron chi connectivity index (χ2n) is 7.17. The first-order valence-electron chi connectivity index (χ1n) is 9.26. The highest BCUT2D eigenvalue weighted by Gasteiger charge is 2.28. The smallest absolute Gasteiger partial charge is 0.409 e. The van der Waals surface area contributed by atoms with Crippen LogP contribution in [0.15, 0.2) is 28.7 Å². The molecule has 28 heavy (non-hydrogen) atoms. The predicted octanol–water partition coefficient (Wildman–Crippen LogP) is 2.89. The van der Waals surface area contributed by atoms with E-state index in [4.69, 9.17) is 4.74 Å². The zero-order valence-corrected chi connectivity index (χ0v) is 17.8. The maximum Gasteiger partial charge on any atom is 0.409 e. The number of carbonyl (C=O) groups excluding carboxylic acids is 2. The summed E-state index contributed by atoms with van der Waals surface area (Å²) in [5.74, 6) is 0.122. The highest BCUT2D eigenvalue weighted by molar-refractivity contribution is 9.10. The molecule has 1 aliphatic heterocycles. The molecule has 2 aromatic rings.